The number of terminal acetylenes is 1. The molecule has 0 saturated heterocycles. The number of aromatic nitrogens is 1. The van der Waals surface area contributed by atoms with Crippen molar-refractivity contribution in [3.05, 3.63) is 41.5 Å². The first kappa shape index (κ1) is 23.6. The van der Waals surface area contributed by atoms with Crippen LogP contribution in [-0.4, -0.2) is 42.9 Å². The number of nitriles is 1. The number of hydrogen-bond donors (Lipinski definition) is 2. The molecule has 162 valence electrons. The van der Waals surface area contributed by atoms with E-state index in [4.69, 9.17) is 16.4 Å². The highest BCUT2D eigenvalue weighted by Gasteiger charge is 2.30. The number of sulfonamides is 1. The first-order valence-corrected chi connectivity index (χ1v) is 10.2. The molecular formula is C20H19FN4O5S. The molecular weight excluding hydrogens is 427 g/mol. The zero-order valence-corrected chi connectivity index (χ0v) is 17.5. The third kappa shape index (κ3) is 5.28. The number of carbonyl (C=O) groups excluding carboxylic acids is 1. The Balaban J connectivity index is 2.46. The predicted octanol–water partition coefficient (Wildman–Crippen LogP) is 1.83. The van der Waals surface area contributed by atoms with E-state index in [9.17, 15) is 22.7 Å². The number of carbonyl (C=O) groups is 1. The van der Waals surface area contributed by atoms with Crippen LogP contribution in [0.3, 0.4) is 0 Å². The van der Waals surface area contributed by atoms with Crippen LogP contribution in [0, 0.1) is 29.5 Å². The molecule has 0 aliphatic heterocycles. The van der Waals surface area contributed by atoms with Crippen LogP contribution in [0.5, 0.6) is 5.75 Å². The molecule has 0 aliphatic rings. The summed E-state index contributed by atoms with van der Waals surface area (Å²) in [4.78, 5) is 12.5. The van der Waals surface area contributed by atoms with E-state index >= 15 is 0 Å². The summed E-state index contributed by atoms with van der Waals surface area (Å²) >= 11 is 0. The lowest BCUT2D eigenvalue weighted by Gasteiger charge is -2.17. The van der Waals surface area contributed by atoms with Gasteiger partial charge in [-0.1, -0.05) is 5.92 Å². The van der Waals surface area contributed by atoms with Gasteiger partial charge >= 0.3 is 0 Å². The van der Waals surface area contributed by atoms with Gasteiger partial charge in [0, 0.05) is 32.1 Å². The fourth-order valence-corrected chi connectivity index (χ4v) is 3.36. The highest BCUT2D eigenvalue weighted by atomic mass is 32.2. The van der Waals surface area contributed by atoms with Gasteiger partial charge in [0.2, 0.25) is 0 Å². The normalized spacial score (nSPS) is 12.8. The summed E-state index contributed by atoms with van der Waals surface area (Å²) < 4.78 is 47.9. The molecule has 0 bridgehead atoms. The Kier molecular flexibility index (Phi) is 6.85. The Labute approximate surface area is 178 Å². The third-order valence-corrected chi connectivity index (χ3v) is 5.44. The number of hydrogen-bond acceptors (Lipinski definition) is 6. The lowest BCUT2D eigenvalue weighted by atomic mass is 10.1. The SMILES string of the molecule is C#CC(C)(O)CCOc1c(S(=O)(=O)N=C)cn(C)c1C(=O)Nc1ccc(F)c(C#N)c1. The van der Waals surface area contributed by atoms with E-state index in [0.717, 1.165) is 18.3 Å². The molecule has 1 aromatic carbocycles. The molecule has 0 radical (unpaired) electrons. The summed E-state index contributed by atoms with van der Waals surface area (Å²) in [5.74, 6) is 0.300. The van der Waals surface area contributed by atoms with Crippen molar-refractivity contribution in [3.8, 4) is 24.2 Å². The summed E-state index contributed by atoms with van der Waals surface area (Å²) in [6.45, 7) is 4.19. The minimum absolute atomic E-state index is 0.0516. The molecule has 1 unspecified atom stereocenters. The van der Waals surface area contributed by atoms with Crippen molar-refractivity contribution in [3.63, 3.8) is 0 Å². The van der Waals surface area contributed by atoms with E-state index in [1.807, 2.05) is 0 Å². The highest BCUT2D eigenvalue weighted by Crippen LogP contribution is 2.32. The van der Waals surface area contributed by atoms with Crippen LogP contribution in [0.15, 0.2) is 33.7 Å². The van der Waals surface area contributed by atoms with Crippen molar-refractivity contribution in [2.24, 2.45) is 11.4 Å². The average molecular weight is 446 g/mol. The number of amides is 1. The van der Waals surface area contributed by atoms with E-state index in [2.05, 4.69) is 22.4 Å². The van der Waals surface area contributed by atoms with Crippen molar-refractivity contribution in [2.75, 3.05) is 11.9 Å². The van der Waals surface area contributed by atoms with Crippen LogP contribution in [0.2, 0.25) is 0 Å². The zero-order valence-electron chi connectivity index (χ0n) is 16.7. The second-order valence-electron chi connectivity index (χ2n) is 6.66. The fraction of sp³-hybridized carbons (Fsp3) is 0.250. The standard InChI is InChI=1S/C20H19FN4O5S/c1-5-20(2,27)8-9-30-18-16(31(28,29)23-3)12-25(4)17(18)19(26)24-14-6-7-15(21)13(10-14)11-22/h1,6-7,10,12,27H,3,8-9H2,2,4H3,(H,24,26). The molecule has 2 aromatic rings. The van der Waals surface area contributed by atoms with Crippen molar-refractivity contribution < 1.29 is 27.4 Å². The lowest BCUT2D eigenvalue weighted by molar-refractivity contribution is 0.0912. The molecule has 2 rings (SSSR count). The van der Waals surface area contributed by atoms with Crippen LogP contribution < -0.4 is 10.1 Å². The molecule has 31 heavy (non-hydrogen) atoms. The molecule has 1 heterocycles. The number of ether oxygens (including phenoxy) is 1. The maximum absolute atomic E-state index is 13.5. The van der Waals surface area contributed by atoms with E-state index in [0.29, 0.717) is 0 Å². The summed E-state index contributed by atoms with van der Waals surface area (Å²) in [6.07, 6.45) is 6.29. The van der Waals surface area contributed by atoms with E-state index in [-0.39, 0.29) is 35.7 Å². The number of anilines is 1. The van der Waals surface area contributed by atoms with Gasteiger partial charge in [-0.3, -0.25) is 4.79 Å². The van der Waals surface area contributed by atoms with Gasteiger partial charge in [0.25, 0.3) is 15.9 Å². The number of nitrogens with zero attached hydrogens (tertiary/aromatic N) is 3. The molecule has 1 amide bonds. The fourth-order valence-electron chi connectivity index (χ4n) is 2.53. The minimum atomic E-state index is -4.23. The largest absolute Gasteiger partial charge is 0.490 e. The Morgan fingerprint density at radius 2 is 2.19 bits per heavy atom. The minimum Gasteiger partial charge on any atom is -0.490 e. The summed E-state index contributed by atoms with van der Waals surface area (Å²) in [6, 6.07) is 5.04. The number of rotatable bonds is 8. The zero-order chi connectivity index (χ0) is 23.4. The summed E-state index contributed by atoms with van der Waals surface area (Å²) in [5.41, 5.74) is -1.87. The van der Waals surface area contributed by atoms with Gasteiger partial charge in [0.1, 0.15) is 22.4 Å². The van der Waals surface area contributed by atoms with Crippen LogP contribution in [0.1, 0.15) is 29.4 Å². The van der Waals surface area contributed by atoms with Gasteiger partial charge in [-0.05, 0) is 25.1 Å². The van der Waals surface area contributed by atoms with Gasteiger partial charge in [0.15, 0.2) is 11.4 Å². The second kappa shape index (κ2) is 9.00. The number of nitrogens with one attached hydrogen (secondary N) is 1. The highest BCUT2D eigenvalue weighted by molar-refractivity contribution is 7.90. The first-order chi connectivity index (χ1) is 14.5. The maximum Gasteiger partial charge on any atom is 0.286 e. The topological polar surface area (TPSA) is 134 Å². The smallest absolute Gasteiger partial charge is 0.286 e. The Morgan fingerprint density at radius 1 is 1.52 bits per heavy atom. The van der Waals surface area contributed by atoms with Crippen molar-refractivity contribution in [1.29, 1.82) is 5.26 Å². The van der Waals surface area contributed by atoms with Crippen molar-refractivity contribution in [1.82, 2.24) is 4.57 Å². The van der Waals surface area contributed by atoms with Crippen molar-refractivity contribution >= 4 is 28.3 Å². The molecule has 0 saturated carbocycles. The molecule has 2 N–H and O–H groups in total. The number of benzene rings is 1. The third-order valence-electron chi connectivity index (χ3n) is 4.26. The first-order valence-electron chi connectivity index (χ1n) is 8.72. The van der Waals surface area contributed by atoms with Crippen molar-refractivity contribution in [2.45, 2.75) is 23.8 Å². The Bertz CT molecular complexity index is 1220. The lowest BCUT2D eigenvalue weighted by Crippen LogP contribution is -2.25. The molecule has 1 atom stereocenters. The van der Waals surface area contributed by atoms with E-state index < -0.39 is 32.2 Å². The van der Waals surface area contributed by atoms with Gasteiger partial charge in [0.05, 0.1) is 12.2 Å². The predicted molar refractivity (Wildman–Crippen MR) is 111 cm³/mol. The summed E-state index contributed by atoms with van der Waals surface area (Å²) in [7, 11) is -2.82. The van der Waals surface area contributed by atoms with Crippen LogP contribution in [0.25, 0.3) is 0 Å². The molecule has 9 nitrogen and oxygen atoms in total. The van der Waals surface area contributed by atoms with Gasteiger partial charge in [-0.25, -0.2) is 4.39 Å². The monoisotopic (exact) mass is 446 g/mol. The average Bonchev–Trinajstić information content (AvgIpc) is 3.06. The van der Waals surface area contributed by atoms with Crippen LogP contribution in [-0.2, 0) is 17.1 Å². The van der Waals surface area contributed by atoms with Gasteiger partial charge < -0.3 is 19.7 Å². The molecule has 0 aliphatic carbocycles. The Morgan fingerprint density at radius 3 is 2.77 bits per heavy atom. The quantitative estimate of drug-likeness (QED) is 0.469. The number of halogens is 1. The van der Waals surface area contributed by atoms with Gasteiger partial charge in [-0.15, -0.1) is 6.42 Å². The van der Waals surface area contributed by atoms with E-state index in [1.165, 1.54) is 24.6 Å². The van der Waals surface area contributed by atoms with E-state index in [1.54, 1.807) is 6.07 Å². The Hall–Kier alpha value is -3.67. The van der Waals surface area contributed by atoms with Gasteiger partial charge in [-0.2, -0.15) is 18.1 Å². The number of aryl methyl sites for hydroxylation is 1. The second-order valence-corrected chi connectivity index (χ2v) is 8.31. The summed E-state index contributed by atoms with van der Waals surface area (Å²) in [5, 5.41) is 21.3. The van der Waals surface area contributed by atoms with Crippen LogP contribution >= 0.6 is 0 Å². The number of aliphatic hydroxyl groups is 1. The molecule has 0 fully saturated rings. The maximum atomic E-state index is 13.5. The molecule has 1 aromatic heterocycles. The molecule has 11 heteroatoms. The molecule has 0 spiro atoms. The van der Waals surface area contributed by atoms with Crippen LogP contribution in [0.4, 0.5) is 10.1 Å².